The number of carbonyl (C=O) groups is 1. The van der Waals surface area contributed by atoms with Gasteiger partial charge >= 0.3 is 0 Å². The Morgan fingerprint density at radius 2 is 2.18 bits per heavy atom. The minimum atomic E-state index is -0.536. The van der Waals surface area contributed by atoms with E-state index in [9.17, 15) is 9.90 Å². The molecule has 94 valence electrons. The van der Waals surface area contributed by atoms with E-state index >= 15 is 0 Å². The Morgan fingerprint density at radius 3 is 2.65 bits per heavy atom. The number of aliphatic hydroxyl groups excluding tert-OH is 1. The SMILES string of the molecule is CC(O)CN(C(=O)c1ccnc(Br)c1)C(C)C. The molecule has 0 aliphatic rings. The number of hydrogen-bond donors (Lipinski definition) is 1. The first-order valence-electron chi connectivity index (χ1n) is 5.52. The van der Waals surface area contributed by atoms with Gasteiger partial charge in [0.05, 0.1) is 6.10 Å². The Balaban J connectivity index is 2.92. The summed E-state index contributed by atoms with van der Waals surface area (Å²) in [6.45, 7) is 5.86. The second-order valence-electron chi connectivity index (χ2n) is 4.27. The van der Waals surface area contributed by atoms with Crippen LogP contribution < -0.4 is 0 Å². The minimum Gasteiger partial charge on any atom is -0.392 e. The van der Waals surface area contributed by atoms with Gasteiger partial charge in [-0.05, 0) is 48.8 Å². The van der Waals surface area contributed by atoms with Crippen LogP contribution in [0.2, 0.25) is 0 Å². The molecule has 17 heavy (non-hydrogen) atoms. The largest absolute Gasteiger partial charge is 0.392 e. The van der Waals surface area contributed by atoms with Gasteiger partial charge in [0.1, 0.15) is 4.60 Å². The zero-order valence-electron chi connectivity index (χ0n) is 10.2. The molecule has 0 bridgehead atoms. The number of halogens is 1. The second kappa shape index (κ2) is 6.12. The molecule has 0 aliphatic carbocycles. The third kappa shape index (κ3) is 4.09. The molecular weight excluding hydrogens is 284 g/mol. The first kappa shape index (κ1) is 14.1. The molecule has 0 fully saturated rings. The van der Waals surface area contributed by atoms with E-state index in [1.54, 1.807) is 30.2 Å². The van der Waals surface area contributed by atoms with Crippen LogP contribution in [-0.2, 0) is 0 Å². The summed E-state index contributed by atoms with van der Waals surface area (Å²) in [4.78, 5) is 17.9. The van der Waals surface area contributed by atoms with E-state index in [2.05, 4.69) is 20.9 Å². The van der Waals surface area contributed by atoms with Gasteiger partial charge in [-0.1, -0.05) is 0 Å². The summed E-state index contributed by atoms with van der Waals surface area (Å²) in [7, 11) is 0. The third-order valence-corrected chi connectivity index (χ3v) is 2.75. The van der Waals surface area contributed by atoms with Crippen molar-refractivity contribution in [1.82, 2.24) is 9.88 Å². The summed E-state index contributed by atoms with van der Waals surface area (Å²) in [5.74, 6) is -0.0935. The molecule has 0 saturated carbocycles. The van der Waals surface area contributed by atoms with Crippen LogP contribution in [0, 0.1) is 0 Å². The number of pyridine rings is 1. The highest BCUT2D eigenvalue weighted by atomic mass is 79.9. The smallest absolute Gasteiger partial charge is 0.254 e. The first-order valence-corrected chi connectivity index (χ1v) is 6.31. The molecule has 0 saturated heterocycles. The molecule has 1 aromatic heterocycles. The summed E-state index contributed by atoms with van der Waals surface area (Å²) in [5.41, 5.74) is 0.571. The summed E-state index contributed by atoms with van der Waals surface area (Å²) in [6, 6.07) is 3.40. The Morgan fingerprint density at radius 1 is 1.53 bits per heavy atom. The predicted molar refractivity (Wildman–Crippen MR) is 69.8 cm³/mol. The first-order chi connectivity index (χ1) is 7.91. The van der Waals surface area contributed by atoms with Gasteiger partial charge in [0.2, 0.25) is 0 Å². The Bertz CT molecular complexity index is 394. The van der Waals surface area contributed by atoms with E-state index in [0.29, 0.717) is 16.7 Å². The number of aromatic nitrogens is 1. The fourth-order valence-electron chi connectivity index (χ4n) is 1.51. The van der Waals surface area contributed by atoms with E-state index < -0.39 is 6.10 Å². The monoisotopic (exact) mass is 300 g/mol. The van der Waals surface area contributed by atoms with Crippen molar-refractivity contribution in [2.75, 3.05) is 6.54 Å². The predicted octanol–water partition coefficient (Wildman–Crippen LogP) is 2.08. The van der Waals surface area contributed by atoms with Gasteiger partial charge in [0.15, 0.2) is 0 Å². The van der Waals surface area contributed by atoms with Crippen molar-refractivity contribution in [3.8, 4) is 0 Å². The van der Waals surface area contributed by atoms with Gasteiger partial charge in [-0.15, -0.1) is 0 Å². The van der Waals surface area contributed by atoms with Crippen molar-refractivity contribution in [2.45, 2.75) is 32.9 Å². The minimum absolute atomic E-state index is 0.0454. The Labute approximate surface area is 110 Å². The zero-order valence-corrected chi connectivity index (χ0v) is 11.8. The molecule has 1 amide bonds. The number of hydrogen-bond acceptors (Lipinski definition) is 3. The molecule has 0 aliphatic heterocycles. The average Bonchev–Trinajstić information content (AvgIpc) is 2.24. The molecule has 0 radical (unpaired) electrons. The fourth-order valence-corrected chi connectivity index (χ4v) is 1.88. The Kier molecular flexibility index (Phi) is 5.08. The number of carbonyl (C=O) groups excluding carboxylic acids is 1. The van der Waals surface area contributed by atoms with Crippen molar-refractivity contribution >= 4 is 21.8 Å². The van der Waals surface area contributed by atoms with E-state index in [4.69, 9.17) is 0 Å². The number of rotatable bonds is 4. The van der Waals surface area contributed by atoms with Crippen molar-refractivity contribution in [2.24, 2.45) is 0 Å². The van der Waals surface area contributed by atoms with Gasteiger partial charge in [0, 0.05) is 24.3 Å². The summed E-state index contributed by atoms with van der Waals surface area (Å²) in [5, 5.41) is 9.41. The van der Waals surface area contributed by atoms with Gasteiger partial charge in [-0.25, -0.2) is 4.98 Å². The summed E-state index contributed by atoms with van der Waals surface area (Å²) in [6.07, 6.45) is 1.05. The quantitative estimate of drug-likeness (QED) is 0.866. The third-order valence-electron chi connectivity index (χ3n) is 2.32. The van der Waals surface area contributed by atoms with Crippen LogP contribution in [0.1, 0.15) is 31.1 Å². The summed E-state index contributed by atoms with van der Waals surface area (Å²) < 4.78 is 0.629. The second-order valence-corrected chi connectivity index (χ2v) is 5.08. The average molecular weight is 301 g/mol. The number of amides is 1. The van der Waals surface area contributed by atoms with Crippen molar-refractivity contribution in [3.63, 3.8) is 0 Å². The number of nitrogens with zero attached hydrogens (tertiary/aromatic N) is 2. The lowest BCUT2D eigenvalue weighted by atomic mass is 10.2. The van der Waals surface area contributed by atoms with Crippen LogP contribution in [0.3, 0.4) is 0 Å². The van der Waals surface area contributed by atoms with Gasteiger partial charge < -0.3 is 10.0 Å². The standard InChI is InChI=1S/C12H17BrN2O2/c1-8(2)15(7-9(3)16)12(17)10-4-5-14-11(13)6-10/h4-6,8-9,16H,7H2,1-3H3. The van der Waals surface area contributed by atoms with Crippen molar-refractivity contribution < 1.29 is 9.90 Å². The van der Waals surface area contributed by atoms with Crippen LogP contribution in [0.25, 0.3) is 0 Å². The lowest BCUT2D eigenvalue weighted by molar-refractivity contribution is 0.0578. The molecule has 4 nitrogen and oxygen atoms in total. The van der Waals surface area contributed by atoms with Crippen LogP contribution in [0.15, 0.2) is 22.9 Å². The van der Waals surface area contributed by atoms with Crippen molar-refractivity contribution in [3.05, 3.63) is 28.5 Å². The van der Waals surface area contributed by atoms with Crippen LogP contribution in [-0.4, -0.2) is 39.6 Å². The molecule has 0 spiro atoms. The molecule has 1 unspecified atom stereocenters. The zero-order chi connectivity index (χ0) is 13.0. The molecule has 1 N–H and O–H groups in total. The summed E-state index contributed by atoms with van der Waals surface area (Å²) >= 11 is 3.24. The normalized spacial score (nSPS) is 12.6. The van der Waals surface area contributed by atoms with E-state index in [1.165, 1.54) is 0 Å². The highest BCUT2D eigenvalue weighted by Gasteiger charge is 2.20. The van der Waals surface area contributed by atoms with Gasteiger partial charge in [0.25, 0.3) is 5.91 Å². The van der Waals surface area contributed by atoms with Crippen LogP contribution in [0.4, 0.5) is 0 Å². The molecule has 1 atom stereocenters. The molecule has 5 heteroatoms. The molecular formula is C12H17BrN2O2. The topological polar surface area (TPSA) is 53.4 Å². The van der Waals surface area contributed by atoms with E-state index in [-0.39, 0.29) is 11.9 Å². The highest BCUT2D eigenvalue weighted by molar-refractivity contribution is 9.10. The van der Waals surface area contributed by atoms with Gasteiger partial charge in [-0.2, -0.15) is 0 Å². The van der Waals surface area contributed by atoms with E-state index in [1.807, 2.05) is 13.8 Å². The fraction of sp³-hybridized carbons (Fsp3) is 0.500. The molecule has 0 aromatic carbocycles. The van der Waals surface area contributed by atoms with Gasteiger partial charge in [-0.3, -0.25) is 4.79 Å². The lowest BCUT2D eigenvalue weighted by Crippen LogP contribution is -2.41. The maximum absolute atomic E-state index is 12.2. The van der Waals surface area contributed by atoms with Crippen LogP contribution in [0.5, 0.6) is 0 Å². The maximum Gasteiger partial charge on any atom is 0.254 e. The van der Waals surface area contributed by atoms with Crippen LogP contribution >= 0.6 is 15.9 Å². The maximum atomic E-state index is 12.2. The highest BCUT2D eigenvalue weighted by Crippen LogP contribution is 2.13. The molecule has 1 rings (SSSR count). The molecule has 1 aromatic rings. The van der Waals surface area contributed by atoms with Crippen molar-refractivity contribution in [1.29, 1.82) is 0 Å². The lowest BCUT2D eigenvalue weighted by Gasteiger charge is -2.28. The Hall–Kier alpha value is -0.940. The van der Waals surface area contributed by atoms with E-state index in [0.717, 1.165) is 0 Å². The molecule has 1 heterocycles. The number of aliphatic hydroxyl groups is 1.